The highest BCUT2D eigenvalue weighted by atomic mass is 127. The number of carbonyl (C=O) groups excluding carboxylic acids is 1. The van der Waals surface area contributed by atoms with Crippen LogP contribution in [0.4, 0.5) is 14.5 Å². The number of anilines is 1. The number of benzene rings is 2. The van der Waals surface area contributed by atoms with Crippen molar-refractivity contribution in [1.29, 1.82) is 0 Å². The molecule has 0 unspecified atom stereocenters. The molecule has 0 fully saturated rings. The summed E-state index contributed by atoms with van der Waals surface area (Å²) in [7, 11) is 0. The topological polar surface area (TPSA) is 65.5 Å². The molecule has 0 heterocycles. The Hall–Kier alpha value is -1.88. The predicted octanol–water partition coefficient (Wildman–Crippen LogP) is 4.14. The van der Waals surface area contributed by atoms with Crippen LogP contribution in [0.5, 0.6) is 0 Å². The van der Waals surface area contributed by atoms with Gasteiger partial charge < -0.3 is 16.0 Å². The van der Waals surface area contributed by atoms with E-state index in [0.29, 0.717) is 30.5 Å². The van der Waals surface area contributed by atoms with E-state index in [9.17, 15) is 13.6 Å². The van der Waals surface area contributed by atoms with Crippen molar-refractivity contribution in [3.63, 3.8) is 0 Å². The van der Waals surface area contributed by atoms with E-state index in [-0.39, 0.29) is 48.1 Å². The first-order valence-electron chi connectivity index (χ1n) is 8.85. The predicted molar refractivity (Wildman–Crippen MR) is 127 cm³/mol. The molecule has 1 amide bonds. The monoisotopic (exact) mass is 534 g/mol. The van der Waals surface area contributed by atoms with Crippen LogP contribution in [0.1, 0.15) is 18.1 Å². The third-order valence-electron chi connectivity index (χ3n) is 3.76. The number of carbonyl (C=O) groups is 1. The van der Waals surface area contributed by atoms with Crippen LogP contribution in [0.25, 0.3) is 0 Å². The number of nitrogens with one attached hydrogen (secondary N) is 3. The Bertz CT molecular complexity index is 819. The number of aliphatic imine (C=N–C) groups is 1. The minimum atomic E-state index is -0.362. The molecule has 29 heavy (non-hydrogen) atoms. The van der Waals surface area contributed by atoms with Gasteiger partial charge in [-0.3, -0.25) is 4.79 Å². The van der Waals surface area contributed by atoms with Crippen LogP contribution in [0.15, 0.2) is 47.5 Å². The van der Waals surface area contributed by atoms with E-state index in [0.717, 1.165) is 11.1 Å². The zero-order valence-corrected chi connectivity index (χ0v) is 19.4. The number of amides is 1. The summed E-state index contributed by atoms with van der Waals surface area (Å²) in [5.41, 5.74) is 2.35. The van der Waals surface area contributed by atoms with Crippen molar-refractivity contribution in [1.82, 2.24) is 10.6 Å². The summed E-state index contributed by atoms with van der Waals surface area (Å²) < 4.78 is 26.4. The second-order valence-electron chi connectivity index (χ2n) is 5.95. The van der Waals surface area contributed by atoms with Crippen molar-refractivity contribution < 1.29 is 13.6 Å². The fraction of sp³-hybridized carbons (Fsp3) is 0.300. The van der Waals surface area contributed by atoms with Gasteiger partial charge in [-0.2, -0.15) is 11.8 Å². The van der Waals surface area contributed by atoms with Crippen LogP contribution in [0, 0.1) is 11.6 Å². The second-order valence-corrected chi connectivity index (χ2v) is 6.82. The molecule has 0 saturated heterocycles. The maximum absolute atomic E-state index is 13.5. The molecule has 158 valence electrons. The average Bonchev–Trinajstić information content (AvgIpc) is 2.67. The van der Waals surface area contributed by atoms with Crippen molar-refractivity contribution >= 4 is 53.3 Å². The second kappa shape index (κ2) is 13.4. The van der Waals surface area contributed by atoms with Gasteiger partial charge in [0.05, 0.1) is 13.1 Å². The highest BCUT2D eigenvalue weighted by molar-refractivity contribution is 14.0. The van der Waals surface area contributed by atoms with Gasteiger partial charge in [-0.15, -0.1) is 24.0 Å². The van der Waals surface area contributed by atoms with Crippen LogP contribution >= 0.6 is 35.7 Å². The third kappa shape index (κ3) is 8.99. The van der Waals surface area contributed by atoms with E-state index < -0.39 is 0 Å². The summed E-state index contributed by atoms with van der Waals surface area (Å²) in [5, 5.41) is 8.71. The van der Waals surface area contributed by atoms with E-state index in [2.05, 4.69) is 20.9 Å². The third-order valence-corrected chi connectivity index (χ3v) is 4.36. The Morgan fingerprint density at radius 2 is 1.72 bits per heavy atom. The Morgan fingerprint density at radius 3 is 2.38 bits per heavy atom. The van der Waals surface area contributed by atoms with E-state index >= 15 is 0 Å². The lowest BCUT2D eigenvalue weighted by atomic mass is 10.1. The summed E-state index contributed by atoms with van der Waals surface area (Å²) in [6, 6.07) is 10.2. The minimum absolute atomic E-state index is 0. The fourth-order valence-electron chi connectivity index (χ4n) is 2.45. The quantitative estimate of drug-likeness (QED) is 0.271. The van der Waals surface area contributed by atoms with Crippen LogP contribution in [0.3, 0.4) is 0 Å². The Balaban J connectivity index is 0.00000420. The van der Waals surface area contributed by atoms with Crippen molar-refractivity contribution in [2.75, 3.05) is 24.7 Å². The molecule has 9 heteroatoms. The number of hydrogen-bond acceptors (Lipinski definition) is 3. The molecule has 0 aliphatic carbocycles. The van der Waals surface area contributed by atoms with Crippen LogP contribution < -0.4 is 16.0 Å². The zero-order valence-electron chi connectivity index (χ0n) is 16.3. The fourth-order valence-corrected chi connectivity index (χ4v) is 3.03. The summed E-state index contributed by atoms with van der Waals surface area (Å²) in [6.07, 6.45) is 1.96. The number of nitrogens with zero attached hydrogens (tertiary/aromatic N) is 1. The molecule has 0 aliphatic rings. The van der Waals surface area contributed by atoms with Gasteiger partial charge in [-0.1, -0.05) is 6.07 Å². The van der Waals surface area contributed by atoms with Crippen molar-refractivity contribution in [3.8, 4) is 0 Å². The zero-order chi connectivity index (χ0) is 20.4. The smallest absolute Gasteiger partial charge is 0.243 e. The summed E-state index contributed by atoms with van der Waals surface area (Å²) in [6.45, 7) is 2.93. The van der Waals surface area contributed by atoms with Gasteiger partial charge in [-0.05, 0) is 60.7 Å². The molecule has 2 aromatic carbocycles. The normalized spacial score (nSPS) is 10.8. The van der Waals surface area contributed by atoms with E-state index in [1.54, 1.807) is 17.8 Å². The van der Waals surface area contributed by atoms with Gasteiger partial charge in [-0.25, -0.2) is 13.8 Å². The SMILES string of the molecule is CCNC(=NCc1ccc(F)cc1CSC)NCC(=O)Nc1ccc(F)cc1.I. The highest BCUT2D eigenvalue weighted by Crippen LogP contribution is 2.17. The molecule has 0 aliphatic heterocycles. The lowest BCUT2D eigenvalue weighted by Gasteiger charge is -2.12. The number of halogens is 3. The number of guanidine groups is 1. The van der Waals surface area contributed by atoms with Crippen molar-refractivity contribution in [2.45, 2.75) is 19.2 Å². The Morgan fingerprint density at radius 1 is 1.03 bits per heavy atom. The van der Waals surface area contributed by atoms with Gasteiger partial charge in [0.15, 0.2) is 5.96 Å². The number of hydrogen-bond donors (Lipinski definition) is 3. The van der Waals surface area contributed by atoms with Crippen LogP contribution in [-0.2, 0) is 17.1 Å². The van der Waals surface area contributed by atoms with Gasteiger partial charge in [0.2, 0.25) is 5.91 Å². The van der Waals surface area contributed by atoms with E-state index in [1.165, 1.54) is 36.4 Å². The first-order valence-corrected chi connectivity index (χ1v) is 10.2. The summed E-state index contributed by atoms with van der Waals surface area (Å²) in [5.74, 6) is 0.281. The molecule has 3 N–H and O–H groups in total. The molecule has 0 aromatic heterocycles. The maximum Gasteiger partial charge on any atom is 0.243 e. The minimum Gasteiger partial charge on any atom is -0.357 e. The van der Waals surface area contributed by atoms with Crippen LogP contribution in [-0.4, -0.2) is 31.2 Å². The molecule has 5 nitrogen and oxygen atoms in total. The molecule has 0 atom stereocenters. The van der Waals surface area contributed by atoms with Crippen molar-refractivity contribution in [2.24, 2.45) is 4.99 Å². The molecule has 0 spiro atoms. The molecular weight excluding hydrogens is 509 g/mol. The molecular formula is C20H25F2IN4OS. The summed E-state index contributed by atoms with van der Waals surface area (Å²) in [4.78, 5) is 16.5. The highest BCUT2D eigenvalue weighted by Gasteiger charge is 2.07. The van der Waals surface area contributed by atoms with Gasteiger partial charge >= 0.3 is 0 Å². The average molecular weight is 534 g/mol. The Kier molecular flexibility index (Phi) is 11.6. The molecule has 0 radical (unpaired) electrons. The molecule has 2 rings (SSSR count). The first kappa shape index (κ1) is 25.2. The molecule has 2 aromatic rings. The first-order chi connectivity index (χ1) is 13.5. The van der Waals surface area contributed by atoms with E-state index in [4.69, 9.17) is 0 Å². The maximum atomic E-state index is 13.5. The molecule has 0 saturated carbocycles. The standard InChI is InChI=1S/C20H24F2N4OS.HI/c1-3-23-20(24-11-14-4-5-17(22)10-15(14)13-28-2)25-12-19(27)26-18-8-6-16(21)7-9-18;/h4-10H,3,11-13H2,1-2H3,(H,26,27)(H2,23,24,25);1H. The summed E-state index contributed by atoms with van der Waals surface area (Å²) >= 11 is 1.62. The lowest BCUT2D eigenvalue weighted by molar-refractivity contribution is -0.115. The largest absolute Gasteiger partial charge is 0.357 e. The Labute approximate surface area is 191 Å². The van der Waals surface area contributed by atoms with Gasteiger partial charge in [0, 0.05) is 18.0 Å². The lowest BCUT2D eigenvalue weighted by Crippen LogP contribution is -2.41. The van der Waals surface area contributed by atoms with Crippen molar-refractivity contribution in [3.05, 3.63) is 65.2 Å². The van der Waals surface area contributed by atoms with Gasteiger partial charge in [0.1, 0.15) is 11.6 Å². The number of rotatable bonds is 8. The molecule has 0 bridgehead atoms. The van der Waals surface area contributed by atoms with Crippen LogP contribution in [0.2, 0.25) is 0 Å². The van der Waals surface area contributed by atoms with Gasteiger partial charge in [0.25, 0.3) is 0 Å². The number of thioether (sulfide) groups is 1. The van der Waals surface area contributed by atoms with E-state index in [1.807, 2.05) is 13.2 Å².